The van der Waals surface area contributed by atoms with Gasteiger partial charge >= 0.3 is 12.1 Å². The van der Waals surface area contributed by atoms with Gasteiger partial charge in [0.1, 0.15) is 6.61 Å². The molecule has 0 aliphatic rings. The molecule has 1 unspecified atom stereocenters. The molecule has 0 aliphatic carbocycles. The lowest BCUT2D eigenvalue weighted by Gasteiger charge is -2.09. The van der Waals surface area contributed by atoms with E-state index in [9.17, 15) is 13.8 Å². The third-order valence-electron chi connectivity index (χ3n) is 3.76. The predicted molar refractivity (Wildman–Crippen MR) is 103 cm³/mol. The van der Waals surface area contributed by atoms with Gasteiger partial charge in [-0.2, -0.15) is 0 Å². The molecule has 1 amide bonds. The van der Waals surface area contributed by atoms with Crippen LogP contribution in [-0.2, 0) is 37.0 Å². The van der Waals surface area contributed by atoms with Gasteiger partial charge in [-0.15, -0.1) is 4.36 Å². The highest BCUT2D eigenvalue weighted by atomic mass is 32.2. The van der Waals surface area contributed by atoms with Crippen molar-refractivity contribution in [2.45, 2.75) is 31.8 Å². The molecular formula is C20H23NO5S. The Morgan fingerprint density at radius 1 is 0.926 bits per heavy atom. The Morgan fingerprint density at radius 3 is 2.19 bits per heavy atom. The Bertz CT molecular complexity index is 884. The lowest BCUT2D eigenvalue weighted by molar-refractivity contribution is -0.142. The van der Waals surface area contributed by atoms with Crippen LogP contribution >= 0.6 is 0 Å². The predicted octanol–water partition coefficient (Wildman–Crippen LogP) is 3.98. The molecule has 0 N–H and O–H groups in total. The normalized spacial score (nSPS) is 12.7. The highest BCUT2D eigenvalue weighted by molar-refractivity contribution is 7.93. The van der Waals surface area contributed by atoms with Gasteiger partial charge in [-0.05, 0) is 30.2 Å². The van der Waals surface area contributed by atoms with Gasteiger partial charge in [0, 0.05) is 10.6 Å². The molecule has 0 heterocycles. The minimum Gasteiger partial charge on any atom is -0.466 e. The lowest BCUT2D eigenvalue weighted by Crippen LogP contribution is -2.10. The number of rotatable bonds is 7. The van der Waals surface area contributed by atoms with E-state index >= 15 is 0 Å². The van der Waals surface area contributed by atoms with Gasteiger partial charge in [0.2, 0.25) is 0 Å². The molecule has 1 atom stereocenters. The van der Waals surface area contributed by atoms with Gasteiger partial charge in [0.05, 0.1) is 22.8 Å². The van der Waals surface area contributed by atoms with Crippen LogP contribution in [-0.4, -0.2) is 28.6 Å². The molecule has 7 heteroatoms. The summed E-state index contributed by atoms with van der Waals surface area (Å²) in [5, 5.41) is 0. The molecule has 0 fully saturated rings. The summed E-state index contributed by atoms with van der Waals surface area (Å²) in [4.78, 5) is 24.0. The van der Waals surface area contributed by atoms with Crippen LogP contribution in [0, 0.1) is 0 Å². The van der Waals surface area contributed by atoms with Crippen LogP contribution in [0.4, 0.5) is 4.79 Å². The van der Waals surface area contributed by atoms with E-state index in [4.69, 9.17) is 9.47 Å². The first-order valence-electron chi connectivity index (χ1n) is 8.67. The van der Waals surface area contributed by atoms with Crippen LogP contribution in [0.15, 0.2) is 63.9 Å². The first-order chi connectivity index (χ1) is 13.0. The average Bonchev–Trinajstić information content (AvgIpc) is 2.68. The van der Waals surface area contributed by atoms with E-state index in [2.05, 4.69) is 4.36 Å². The Balaban J connectivity index is 2.10. The lowest BCUT2D eigenvalue weighted by atomic mass is 10.1. The first kappa shape index (κ1) is 20.6. The number of esters is 1. The summed E-state index contributed by atoms with van der Waals surface area (Å²) >= 11 is 0. The summed E-state index contributed by atoms with van der Waals surface area (Å²) < 4.78 is 26.9. The largest absolute Gasteiger partial charge is 0.466 e. The van der Waals surface area contributed by atoms with Gasteiger partial charge < -0.3 is 9.47 Å². The van der Waals surface area contributed by atoms with E-state index in [1.54, 1.807) is 38.1 Å². The average molecular weight is 389 g/mol. The number of carbonyl (C=O) groups is 2. The highest BCUT2D eigenvalue weighted by Gasteiger charge is 2.15. The van der Waals surface area contributed by atoms with Crippen molar-refractivity contribution in [3.63, 3.8) is 0 Å². The second-order valence-corrected chi connectivity index (χ2v) is 8.20. The molecule has 0 saturated heterocycles. The van der Waals surface area contributed by atoms with Gasteiger partial charge in [0.25, 0.3) is 0 Å². The molecule has 0 radical (unpaired) electrons. The Kier molecular flexibility index (Phi) is 7.55. The maximum Gasteiger partial charge on any atom is 0.442 e. The van der Waals surface area contributed by atoms with Crippen LogP contribution in [0.1, 0.15) is 25.0 Å². The Labute approximate surface area is 159 Å². The van der Waals surface area contributed by atoms with Gasteiger partial charge in [-0.25, -0.2) is 9.00 Å². The standard InChI is InChI=1S/C20H23NO5S/c1-3-25-19(22)14-16-10-12-18(13-11-16)27(24,4-2)21-20(23)26-15-17-8-6-5-7-9-17/h5-13H,3-4,14-15H2,1-2H3. The monoisotopic (exact) mass is 389 g/mol. The number of nitrogens with zero attached hydrogens (tertiary/aromatic N) is 1. The van der Waals surface area contributed by atoms with Crippen molar-refractivity contribution >= 4 is 21.8 Å². The molecule has 0 spiro atoms. The van der Waals surface area contributed by atoms with Gasteiger partial charge in [0.15, 0.2) is 0 Å². The summed E-state index contributed by atoms with van der Waals surface area (Å²) in [6.45, 7) is 3.84. The van der Waals surface area contributed by atoms with Crippen molar-refractivity contribution in [1.82, 2.24) is 0 Å². The number of amides is 1. The summed E-state index contributed by atoms with van der Waals surface area (Å²) in [7, 11) is -2.93. The molecule has 0 bridgehead atoms. The Morgan fingerprint density at radius 2 is 1.59 bits per heavy atom. The molecule has 27 heavy (non-hydrogen) atoms. The topological polar surface area (TPSA) is 82.0 Å². The van der Waals surface area contributed by atoms with Crippen LogP contribution in [0.2, 0.25) is 0 Å². The third kappa shape index (κ3) is 6.21. The number of hydrogen-bond donors (Lipinski definition) is 0. The quantitative estimate of drug-likeness (QED) is 0.669. The highest BCUT2D eigenvalue weighted by Crippen LogP contribution is 2.17. The minimum atomic E-state index is -2.93. The zero-order chi connectivity index (χ0) is 19.7. The molecule has 2 aromatic rings. The summed E-state index contributed by atoms with van der Waals surface area (Å²) in [6.07, 6.45) is -0.723. The van der Waals surface area contributed by atoms with E-state index in [0.717, 1.165) is 11.1 Å². The number of hydrogen-bond acceptors (Lipinski definition) is 5. The second-order valence-electron chi connectivity index (χ2n) is 5.69. The molecule has 6 nitrogen and oxygen atoms in total. The van der Waals surface area contributed by atoms with Crippen molar-refractivity contribution < 1.29 is 23.3 Å². The van der Waals surface area contributed by atoms with E-state index in [1.165, 1.54) is 0 Å². The fraction of sp³-hybridized carbons (Fsp3) is 0.300. The summed E-state index contributed by atoms with van der Waals surface area (Å²) in [6, 6.07) is 15.8. The van der Waals surface area contributed by atoms with Crippen molar-refractivity contribution in [3.8, 4) is 0 Å². The van der Waals surface area contributed by atoms with E-state index in [-0.39, 0.29) is 24.7 Å². The van der Waals surface area contributed by atoms with Crippen molar-refractivity contribution in [3.05, 3.63) is 65.7 Å². The minimum absolute atomic E-state index is 0.0703. The fourth-order valence-corrected chi connectivity index (χ4v) is 3.77. The van der Waals surface area contributed by atoms with Gasteiger partial charge in [-0.3, -0.25) is 4.79 Å². The van der Waals surface area contributed by atoms with Crippen molar-refractivity contribution in [2.75, 3.05) is 12.4 Å². The molecule has 0 aliphatic heterocycles. The molecule has 0 saturated carbocycles. The van der Waals surface area contributed by atoms with Crippen LogP contribution in [0.25, 0.3) is 0 Å². The molecule has 0 aromatic heterocycles. The van der Waals surface area contributed by atoms with Crippen molar-refractivity contribution in [1.29, 1.82) is 0 Å². The maximum absolute atomic E-state index is 13.1. The van der Waals surface area contributed by atoms with E-state index in [1.807, 2.05) is 30.3 Å². The van der Waals surface area contributed by atoms with Crippen LogP contribution < -0.4 is 0 Å². The number of benzene rings is 2. The van der Waals surface area contributed by atoms with Gasteiger partial charge in [-0.1, -0.05) is 49.4 Å². The molecular weight excluding hydrogens is 366 g/mol. The van der Waals surface area contributed by atoms with Crippen LogP contribution in [0.3, 0.4) is 0 Å². The maximum atomic E-state index is 13.1. The van der Waals surface area contributed by atoms with Crippen LogP contribution in [0.5, 0.6) is 0 Å². The van der Waals surface area contributed by atoms with Crippen molar-refractivity contribution in [2.24, 2.45) is 4.36 Å². The molecule has 2 rings (SSSR count). The number of ether oxygens (including phenoxy) is 2. The SMILES string of the molecule is CCOC(=O)Cc1ccc(S(=O)(CC)=NC(=O)OCc2ccccc2)cc1. The third-order valence-corrected chi connectivity index (χ3v) is 6.00. The molecule has 2 aromatic carbocycles. The van der Waals surface area contributed by atoms with E-state index in [0.29, 0.717) is 11.5 Å². The summed E-state index contributed by atoms with van der Waals surface area (Å²) in [5.41, 5.74) is 1.56. The fourth-order valence-electron chi connectivity index (χ4n) is 2.35. The van der Waals surface area contributed by atoms with E-state index < -0.39 is 15.8 Å². The zero-order valence-electron chi connectivity index (χ0n) is 15.4. The smallest absolute Gasteiger partial charge is 0.442 e. The Hall–Kier alpha value is -2.67. The zero-order valence-corrected chi connectivity index (χ0v) is 16.2. The number of carbonyl (C=O) groups excluding carboxylic acids is 2. The second kappa shape index (κ2) is 9.87. The first-order valence-corrected chi connectivity index (χ1v) is 10.4. The summed E-state index contributed by atoms with van der Waals surface area (Å²) in [5.74, 6) is -0.152. The molecule has 144 valence electrons.